The fraction of sp³-hybridized carbons (Fsp3) is 0.571. The number of benzene rings is 1. The molecule has 0 fully saturated rings. The molecule has 0 N–H and O–H groups in total. The predicted octanol–water partition coefficient (Wildman–Crippen LogP) is 4.53. The van der Waals surface area contributed by atoms with Crippen LogP contribution in [0.15, 0.2) is 24.3 Å². The van der Waals surface area contributed by atoms with Crippen LogP contribution in [-0.4, -0.2) is 13.3 Å². The van der Waals surface area contributed by atoms with Gasteiger partial charge in [-0.05, 0) is 23.5 Å². The van der Waals surface area contributed by atoms with Crippen LogP contribution in [0, 0.1) is 5.92 Å². The van der Waals surface area contributed by atoms with Crippen LogP contribution in [0.3, 0.4) is 0 Å². The summed E-state index contributed by atoms with van der Waals surface area (Å²) in [6.45, 7) is 4.09. The third-order valence-corrected chi connectivity index (χ3v) is 2.73. The Kier molecular flexibility index (Phi) is 5.20. The van der Waals surface area contributed by atoms with E-state index in [2.05, 4.69) is 0 Å². The highest BCUT2D eigenvalue weighted by atomic mass is 19.4. The zero-order chi connectivity index (χ0) is 13.8. The number of ether oxygens (including phenoxy) is 1. The van der Waals surface area contributed by atoms with Crippen LogP contribution in [0.1, 0.15) is 37.5 Å². The van der Waals surface area contributed by atoms with Gasteiger partial charge in [-0.2, -0.15) is 13.2 Å². The van der Waals surface area contributed by atoms with Gasteiger partial charge >= 0.3 is 6.18 Å². The lowest BCUT2D eigenvalue weighted by Crippen LogP contribution is -2.17. The van der Waals surface area contributed by atoms with Crippen molar-refractivity contribution in [1.82, 2.24) is 0 Å². The van der Waals surface area contributed by atoms with Crippen molar-refractivity contribution >= 4 is 0 Å². The molecule has 1 atom stereocenters. The minimum atomic E-state index is -4.22. The lowest BCUT2D eigenvalue weighted by molar-refractivity contribution is -0.158. The highest BCUT2D eigenvalue weighted by Gasteiger charge is 2.33. The van der Waals surface area contributed by atoms with Gasteiger partial charge in [0.05, 0.1) is 12.5 Å². The van der Waals surface area contributed by atoms with Crippen molar-refractivity contribution in [2.45, 2.75) is 39.0 Å². The van der Waals surface area contributed by atoms with Crippen LogP contribution >= 0.6 is 0 Å². The molecule has 0 saturated carbocycles. The molecule has 102 valence electrons. The number of alkyl halides is 3. The van der Waals surface area contributed by atoms with E-state index in [4.69, 9.17) is 4.74 Å². The molecule has 0 bridgehead atoms. The Labute approximate surface area is 106 Å². The van der Waals surface area contributed by atoms with Gasteiger partial charge in [0.15, 0.2) is 0 Å². The van der Waals surface area contributed by atoms with Crippen LogP contribution in [0.2, 0.25) is 0 Å². The maximum atomic E-state index is 12.5. The van der Waals surface area contributed by atoms with Gasteiger partial charge in [-0.1, -0.05) is 38.1 Å². The molecule has 1 rings (SSSR count). The van der Waals surface area contributed by atoms with Gasteiger partial charge in [0.25, 0.3) is 0 Å². The number of methoxy groups -OCH3 is 1. The molecule has 0 aromatic heterocycles. The molecule has 0 spiro atoms. The van der Waals surface area contributed by atoms with E-state index in [9.17, 15) is 13.2 Å². The standard InChI is InChI=1S/C14H19F3O/c1-10(2)8-11-6-4-5-7-12(11)13(18-3)9-14(15,16)17/h4-7,10,13H,8-9H2,1-3H3. The summed E-state index contributed by atoms with van der Waals surface area (Å²) >= 11 is 0. The molecule has 0 radical (unpaired) electrons. The first-order chi connectivity index (χ1) is 8.33. The lowest BCUT2D eigenvalue weighted by atomic mass is 9.94. The second-order valence-corrected chi connectivity index (χ2v) is 4.84. The van der Waals surface area contributed by atoms with Gasteiger partial charge < -0.3 is 4.74 Å². The van der Waals surface area contributed by atoms with E-state index in [0.717, 1.165) is 12.0 Å². The Morgan fingerprint density at radius 2 is 1.78 bits per heavy atom. The monoisotopic (exact) mass is 260 g/mol. The smallest absolute Gasteiger partial charge is 0.376 e. The Morgan fingerprint density at radius 1 is 1.17 bits per heavy atom. The van der Waals surface area contributed by atoms with E-state index < -0.39 is 18.7 Å². The third-order valence-electron chi connectivity index (χ3n) is 2.73. The first-order valence-corrected chi connectivity index (χ1v) is 6.01. The van der Waals surface area contributed by atoms with E-state index in [0.29, 0.717) is 11.5 Å². The molecular weight excluding hydrogens is 241 g/mol. The van der Waals surface area contributed by atoms with E-state index in [1.807, 2.05) is 26.0 Å². The molecule has 18 heavy (non-hydrogen) atoms. The molecule has 0 aliphatic rings. The highest BCUT2D eigenvalue weighted by Crippen LogP contribution is 2.33. The van der Waals surface area contributed by atoms with E-state index >= 15 is 0 Å². The maximum Gasteiger partial charge on any atom is 0.391 e. The summed E-state index contributed by atoms with van der Waals surface area (Å²) in [6.07, 6.45) is -5.32. The summed E-state index contributed by atoms with van der Waals surface area (Å²) in [5.41, 5.74) is 1.58. The van der Waals surface area contributed by atoms with Crippen molar-refractivity contribution < 1.29 is 17.9 Å². The molecule has 4 heteroatoms. The second kappa shape index (κ2) is 6.23. The van der Waals surface area contributed by atoms with E-state index in [1.165, 1.54) is 7.11 Å². The number of halogens is 3. The molecular formula is C14H19F3O. The third kappa shape index (κ3) is 4.69. The lowest BCUT2D eigenvalue weighted by Gasteiger charge is -2.21. The highest BCUT2D eigenvalue weighted by molar-refractivity contribution is 5.29. The summed E-state index contributed by atoms with van der Waals surface area (Å²) in [7, 11) is 1.32. The molecule has 1 unspecified atom stereocenters. The van der Waals surface area contributed by atoms with Crippen LogP contribution in [0.4, 0.5) is 13.2 Å². The molecule has 1 aromatic rings. The van der Waals surface area contributed by atoms with Crippen molar-refractivity contribution in [3.63, 3.8) is 0 Å². The largest absolute Gasteiger partial charge is 0.391 e. The maximum absolute atomic E-state index is 12.5. The van der Waals surface area contributed by atoms with Crippen molar-refractivity contribution in [2.75, 3.05) is 7.11 Å². The SMILES string of the molecule is COC(CC(F)(F)F)c1ccccc1CC(C)C. The molecule has 0 aliphatic carbocycles. The van der Waals surface area contributed by atoms with E-state index in [-0.39, 0.29) is 0 Å². The summed E-state index contributed by atoms with van der Waals surface area (Å²) in [5, 5.41) is 0. The Morgan fingerprint density at radius 3 is 2.28 bits per heavy atom. The summed E-state index contributed by atoms with van der Waals surface area (Å²) in [4.78, 5) is 0. The van der Waals surface area contributed by atoms with Gasteiger partial charge in [-0.3, -0.25) is 0 Å². The number of rotatable bonds is 5. The second-order valence-electron chi connectivity index (χ2n) is 4.84. The van der Waals surface area contributed by atoms with Gasteiger partial charge in [-0.15, -0.1) is 0 Å². The first kappa shape index (κ1) is 15.0. The first-order valence-electron chi connectivity index (χ1n) is 6.01. The zero-order valence-corrected chi connectivity index (χ0v) is 10.9. The Balaban J connectivity index is 2.97. The molecule has 0 saturated heterocycles. The van der Waals surface area contributed by atoms with E-state index in [1.54, 1.807) is 12.1 Å². The average molecular weight is 260 g/mol. The normalized spacial score (nSPS) is 13.9. The van der Waals surface area contributed by atoms with Crippen molar-refractivity contribution in [2.24, 2.45) is 5.92 Å². The number of hydrogen-bond donors (Lipinski definition) is 0. The summed E-state index contributed by atoms with van der Waals surface area (Å²) in [6, 6.07) is 7.19. The van der Waals surface area contributed by atoms with Crippen molar-refractivity contribution in [1.29, 1.82) is 0 Å². The average Bonchev–Trinajstić information content (AvgIpc) is 2.25. The Bertz CT molecular complexity index is 372. The fourth-order valence-electron chi connectivity index (χ4n) is 2.00. The van der Waals surface area contributed by atoms with Crippen LogP contribution in [0.5, 0.6) is 0 Å². The fourth-order valence-corrected chi connectivity index (χ4v) is 2.00. The van der Waals surface area contributed by atoms with Gasteiger partial charge in [0.1, 0.15) is 0 Å². The predicted molar refractivity (Wildman–Crippen MR) is 65.4 cm³/mol. The minimum Gasteiger partial charge on any atom is -0.376 e. The summed E-state index contributed by atoms with van der Waals surface area (Å²) < 4.78 is 42.5. The molecule has 0 amide bonds. The molecule has 1 nitrogen and oxygen atoms in total. The topological polar surface area (TPSA) is 9.23 Å². The minimum absolute atomic E-state index is 0.398. The van der Waals surface area contributed by atoms with Gasteiger partial charge in [-0.25, -0.2) is 0 Å². The van der Waals surface area contributed by atoms with Crippen LogP contribution < -0.4 is 0 Å². The number of hydrogen-bond acceptors (Lipinski definition) is 1. The van der Waals surface area contributed by atoms with Crippen molar-refractivity contribution in [3.05, 3.63) is 35.4 Å². The molecule has 1 aromatic carbocycles. The zero-order valence-electron chi connectivity index (χ0n) is 10.9. The summed E-state index contributed by atoms with van der Waals surface area (Å²) in [5.74, 6) is 0.398. The van der Waals surface area contributed by atoms with Gasteiger partial charge in [0.2, 0.25) is 0 Å². The molecule has 0 aliphatic heterocycles. The Hall–Kier alpha value is -1.03. The van der Waals surface area contributed by atoms with Crippen LogP contribution in [-0.2, 0) is 11.2 Å². The van der Waals surface area contributed by atoms with Gasteiger partial charge in [0, 0.05) is 7.11 Å². The quantitative estimate of drug-likeness (QED) is 0.756. The van der Waals surface area contributed by atoms with Crippen molar-refractivity contribution in [3.8, 4) is 0 Å². The molecule has 0 heterocycles. The van der Waals surface area contributed by atoms with Crippen LogP contribution in [0.25, 0.3) is 0 Å².